The number of hydrogen-bond acceptors (Lipinski definition) is 5. The van der Waals surface area contributed by atoms with Crippen molar-refractivity contribution < 1.29 is 13.2 Å². The Kier molecular flexibility index (Phi) is 5.54. The second-order valence-corrected chi connectivity index (χ2v) is 11.0. The van der Waals surface area contributed by atoms with Gasteiger partial charge in [0.15, 0.2) is 0 Å². The van der Waals surface area contributed by atoms with Crippen LogP contribution in [0.15, 0.2) is 71.2 Å². The van der Waals surface area contributed by atoms with Crippen LogP contribution in [0.25, 0.3) is 16.7 Å². The van der Waals surface area contributed by atoms with Gasteiger partial charge in [-0.15, -0.1) is 11.3 Å². The number of fused-ring (bicyclic) bond motifs is 1. The number of hydrogen-bond donors (Lipinski definition) is 1. The number of rotatable bonds is 6. The van der Waals surface area contributed by atoms with E-state index >= 15 is 0 Å². The Bertz CT molecular complexity index is 1370. The van der Waals surface area contributed by atoms with Crippen molar-refractivity contribution in [2.45, 2.75) is 23.5 Å². The summed E-state index contributed by atoms with van der Waals surface area (Å²) in [6.07, 6.45) is 3.71. The van der Waals surface area contributed by atoms with Crippen molar-refractivity contribution in [1.82, 2.24) is 13.9 Å². The van der Waals surface area contributed by atoms with E-state index in [-0.39, 0.29) is 12.3 Å². The zero-order chi connectivity index (χ0) is 22.1. The van der Waals surface area contributed by atoms with Gasteiger partial charge in [0.25, 0.3) is 10.0 Å². The van der Waals surface area contributed by atoms with Gasteiger partial charge in [0.1, 0.15) is 10.5 Å². The zero-order valence-corrected chi connectivity index (χ0v) is 18.9. The Morgan fingerprint density at radius 1 is 1.00 bits per heavy atom. The van der Waals surface area contributed by atoms with E-state index in [4.69, 9.17) is 0 Å². The van der Waals surface area contributed by atoms with Crippen molar-refractivity contribution >= 4 is 44.0 Å². The monoisotopic (exact) mass is 466 g/mol. The van der Waals surface area contributed by atoms with Gasteiger partial charge in [0.2, 0.25) is 5.91 Å². The highest BCUT2D eigenvalue weighted by Gasteiger charge is 2.28. The smallest absolute Gasteiger partial charge is 0.252 e. The molecule has 1 fully saturated rings. The van der Waals surface area contributed by atoms with Crippen molar-refractivity contribution in [1.29, 1.82) is 0 Å². The van der Waals surface area contributed by atoms with Gasteiger partial charge >= 0.3 is 0 Å². The number of benzene rings is 2. The summed E-state index contributed by atoms with van der Waals surface area (Å²) < 4.78 is 29.2. The van der Waals surface area contributed by atoms with Gasteiger partial charge in [0, 0.05) is 29.3 Å². The van der Waals surface area contributed by atoms with Crippen LogP contribution in [0, 0.1) is 0 Å². The van der Waals surface area contributed by atoms with Crippen LogP contribution in [-0.4, -0.2) is 41.3 Å². The number of para-hydroxylation sites is 2. The van der Waals surface area contributed by atoms with E-state index < -0.39 is 10.0 Å². The Morgan fingerprint density at radius 2 is 1.75 bits per heavy atom. The number of aromatic nitrogens is 2. The van der Waals surface area contributed by atoms with Gasteiger partial charge in [-0.3, -0.25) is 9.36 Å². The van der Waals surface area contributed by atoms with E-state index in [2.05, 4.69) is 10.3 Å². The van der Waals surface area contributed by atoms with Crippen LogP contribution in [0.5, 0.6) is 0 Å². The predicted octanol–water partition coefficient (Wildman–Crippen LogP) is 4.05. The molecule has 32 heavy (non-hydrogen) atoms. The summed E-state index contributed by atoms with van der Waals surface area (Å²) in [5, 5.41) is 2.89. The molecule has 0 bridgehead atoms. The van der Waals surface area contributed by atoms with Crippen molar-refractivity contribution in [3.05, 3.63) is 71.9 Å². The SMILES string of the molecule is O=C(Cc1ccc(S(=O)(=O)N2CCCC2)s1)Nc1ccc(-n2cnc3ccccc32)cc1. The van der Waals surface area contributed by atoms with Crippen LogP contribution in [0.3, 0.4) is 0 Å². The number of imidazole rings is 1. The molecule has 9 heteroatoms. The largest absolute Gasteiger partial charge is 0.326 e. The maximum Gasteiger partial charge on any atom is 0.252 e. The van der Waals surface area contributed by atoms with Gasteiger partial charge in [-0.05, 0) is 61.4 Å². The van der Waals surface area contributed by atoms with Gasteiger partial charge in [0.05, 0.1) is 17.5 Å². The van der Waals surface area contributed by atoms with Gasteiger partial charge in [-0.25, -0.2) is 13.4 Å². The summed E-state index contributed by atoms with van der Waals surface area (Å²) in [4.78, 5) is 17.6. The molecule has 2 aromatic heterocycles. The molecule has 1 aliphatic heterocycles. The number of sulfonamides is 1. The van der Waals surface area contributed by atoms with Crippen molar-refractivity contribution in [3.63, 3.8) is 0 Å². The standard InChI is InChI=1S/C23H22N4O3S2/c28-22(15-19-11-12-23(31-19)32(29,30)26-13-3-4-14-26)25-17-7-9-18(10-8-17)27-16-24-20-5-1-2-6-21(20)27/h1-2,5-12,16H,3-4,13-15H2,(H,25,28). The lowest BCUT2D eigenvalue weighted by atomic mass is 10.2. The fourth-order valence-corrected chi connectivity index (χ4v) is 6.91. The molecule has 2 aromatic carbocycles. The quantitative estimate of drug-likeness (QED) is 0.465. The van der Waals surface area contributed by atoms with Crippen LogP contribution in [0.2, 0.25) is 0 Å². The summed E-state index contributed by atoms with van der Waals surface area (Å²) >= 11 is 1.17. The molecule has 4 aromatic rings. The van der Waals surface area contributed by atoms with Crippen molar-refractivity contribution in [3.8, 4) is 5.69 Å². The lowest BCUT2D eigenvalue weighted by Gasteiger charge is -2.13. The molecule has 1 N–H and O–H groups in total. The van der Waals surface area contributed by atoms with Crippen molar-refractivity contribution in [2.24, 2.45) is 0 Å². The highest BCUT2D eigenvalue weighted by molar-refractivity contribution is 7.91. The van der Waals surface area contributed by atoms with Gasteiger partial charge < -0.3 is 5.32 Å². The minimum Gasteiger partial charge on any atom is -0.326 e. The molecule has 5 rings (SSSR count). The fourth-order valence-electron chi connectivity index (χ4n) is 3.88. The number of thiophene rings is 1. The zero-order valence-electron chi connectivity index (χ0n) is 17.3. The molecule has 0 spiro atoms. The van der Waals surface area contributed by atoms with E-state index in [0.29, 0.717) is 23.0 Å². The molecule has 0 unspecified atom stereocenters. The third-order valence-electron chi connectivity index (χ3n) is 5.51. The molecule has 3 heterocycles. The summed E-state index contributed by atoms with van der Waals surface area (Å²) in [5.41, 5.74) is 3.57. The third-order valence-corrected chi connectivity index (χ3v) is 8.97. The van der Waals surface area contributed by atoms with E-state index in [9.17, 15) is 13.2 Å². The lowest BCUT2D eigenvalue weighted by Crippen LogP contribution is -2.27. The Morgan fingerprint density at radius 3 is 2.53 bits per heavy atom. The summed E-state index contributed by atoms with van der Waals surface area (Å²) in [6.45, 7) is 1.14. The molecule has 1 saturated heterocycles. The molecule has 1 aliphatic rings. The Labute approximate surface area is 190 Å². The van der Waals surface area contributed by atoms with Crippen LogP contribution < -0.4 is 5.32 Å². The highest BCUT2D eigenvalue weighted by Crippen LogP contribution is 2.28. The average Bonchev–Trinajstić information content (AvgIpc) is 3.55. The van der Waals surface area contributed by atoms with Gasteiger partial charge in [-0.2, -0.15) is 4.31 Å². The fraction of sp³-hybridized carbons (Fsp3) is 0.217. The highest BCUT2D eigenvalue weighted by atomic mass is 32.2. The number of amides is 1. The first-order chi connectivity index (χ1) is 15.5. The number of nitrogens with one attached hydrogen (secondary N) is 1. The summed E-state index contributed by atoms with van der Waals surface area (Å²) in [5.74, 6) is -0.183. The second-order valence-electron chi connectivity index (χ2n) is 7.71. The maximum atomic E-state index is 12.7. The van der Waals surface area contributed by atoms with E-state index in [1.54, 1.807) is 18.5 Å². The number of anilines is 1. The van der Waals surface area contributed by atoms with E-state index in [0.717, 1.165) is 34.4 Å². The third kappa shape index (κ3) is 4.06. The lowest BCUT2D eigenvalue weighted by molar-refractivity contribution is -0.115. The van der Waals surface area contributed by atoms with Crippen LogP contribution in [-0.2, 0) is 21.2 Å². The Hall–Kier alpha value is -3.01. The minimum atomic E-state index is -3.44. The van der Waals surface area contributed by atoms with E-state index in [1.165, 1.54) is 15.6 Å². The number of nitrogens with zero attached hydrogens (tertiary/aromatic N) is 3. The molecule has 0 radical (unpaired) electrons. The Balaban J connectivity index is 1.24. The second kappa shape index (κ2) is 8.50. The summed E-state index contributed by atoms with van der Waals surface area (Å²) in [7, 11) is -3.44. The summed E-state index contributed by atoms with van der Waals surface area (Å²) in [6, 6.07) is 18.8. The predicted molar refractivity (Wildman–Crippen MR) is 126 cm³/mol. The molecule has 0 aliphatic carbocycles. The first kappa shape index (κ1) is 20.9. The average molecular weight is 467 g/mol. The normalized spacial score (nSPS) is 14.8. The molecule has 7 nitrogen and oxygen atoms in total. The molecule has 0 atom stereocenters. The van der Waals surface area contributed by atoms with Crippen LogP contribution in [0.4, 0.5) is 5.69 Å². The minimum absolute atomic E-state index is 0.133. The number of carbonyl (C=O) groups excluding carboxylic acids is 1. The van der Waals surface area contributed by atoms with Crippen LogP contribution >= 0.6 is 11.3 Å². The molecule has 1 amide bonds. The van der Waals surface area contributed by atoms with E-state index in [1.807, 2.05) is 53.1 Å². The molecule has 164 valence electrons. The molecular weight excluding hydrogens is 444 g/mol. The number of carbonyl (C=O) groups is 1. The van der Waals surface area contributed by atoms with Crippen LogP contribution in [0.1, 0.15) is 17.7 Å². The molecule has 0 saturated carbocycles. The maximum absolute atomic E-state index is 12.7. The molecular formula is C23H22N4O3S2. The van der Waals surface area contributed by atoms with Crippen molar-refractivity contribution in [2.75, 3.05) is 18.4 Å². The first-order valence-electron chi connectivity index (χ1n) is 10.4. The first-order valence-corrected chi connectivity index (χ1v) is 12.7. The topological polar surface area (TPSA) is 84.3 Å². The van der Waals surface area contributed by atoms with Gasteiger partial charge in [-0.1, -0.05) is 12.1 Å².